The summed E-state index contributed by atoms with van der Waals surface area (Å²) in [6.07, 6.45) is 1.46. The van der Waals surface area contributed by atoms with Crippen molar-refractivity contribution in [3.8, 4) is 0 Å². The number of rotatable bonds is 5. The lowest BCUT2D eigenvalue weighted by Gasteiger charge is -2.28. The number of anilines is 2. The second-order valence-electron chi connectivity index (χ2n) is 9.02. The fourth-order valence-corrected chi connectivity index (χ4v) is 5.90. The second kappa shape index (κ2) is 7.95. The molecule has 1 aromatic heterocycles. The maximum Gasteiger partial charge on any atom is 0.249 e. The van der Waals surface area contributed by atoms with Crippen molar-refractivity contribution in [2.75, 3.05) is 18.4 Å². The van der Waals surface area contributed by atoms with Gasteiger partial charge in [0, 0.05) is 35.0 Å². The second-order valence-corrected chi connectivity index (χ2v) is 10.6. The van der Waals surface area contributed by atoms with E-state index in [0.29, 0.717) is 22.7 Å². The number of benzene rings is 1. The molecule has 2 aromatic carbocycles. The summed E-state index contributed by atoms with van der Waals surface area (Å²) in [7, 11) is 0. The standard InChI is InChI=1S/C24H27ClN2O2S/c1-5-27-11-10-16-18(13-27)30-23(19(16)24(2,3)4)26-20-17(21(28)22(20)29)12-14-6-8-15(25)9-7-14/h6-9,26H,5,10-13H2,1-4H3. The fourth-order valence-electron chi connectivity index (χ4n) is 4.27. The number of halogens is 1. The Labute approximate surface area is 186 Å². The molecule has 0 bridgehead atoms. The molecule has 30 heavy (non-hydrogen) atoms. The average Bonchev–Trinajstić information content (AvgIpc) is 3.09. The van der Waals surface area contributed by atoms with Crippen molar-refractivity contribution < 1.29 is 0 Å². The van der Waals surface area contributed by atoms with E-state index in [1.165, 1.54) is 16.0 Å². The van der Waals surface area contributed by atoms with Gasteiger partial charge in [-0.15, -0.1) is 11.3 Å². The summed E-state index contributed by atoms with van der Waals surface area (Å²) < 4.78 is 0. The van der Waals surface area contributed by atoms with E-state index in [2.05, 4.69) is 37.9 Å². The summed E-state index contributed by atoms with van der Waals surface area (Å²) in [6, 6.07) is 7.40. The lowest BCUT2D eigenvalue weighted by Crippen LogP contribution is -2.38. The van der Waals surface area contributed by atoms with Gasteiger partial charge in [0.25, 0.3) is 0 Å². The van der Waals surface area contributed by atoms with Crippen molar-refractivity contribution in [2.45, 2.75) is 52.5 Å². The highest BCUT2D eigenvalue weighted by molar-refractivity contribution is 7.16. The SMILES string of the molecule is CCN1CCc2c(sc(Nc3c(Cc4ccc(Cl)cc4)c(=O)c3=O)c2C(C)(C)C)C1. The van der Waals surface area contributed by atoms with Crippen molar-refractivity contribution in [3.63, 3.8) is 0 Å². The molecule has 1 aliphatic heterocycles. The molecule has 0 unspecified atom stereocenters. The molecule has 0 spiro atoms. The van der Waals surface area contributed by atoms with Gasteiger partial charge in [-0.1, -0.05) is 51.4 Å². The van der Waals surface area contributed by atoms with Crippen LogP contribution in [0.1, 0.15) is 54.8 Å². The Bertz CT molecular complexity index is 1150. The molecule has 3 aromatic rings. The van der Waals surface area contributed by atoms with Crippen LogP contribution >= 0.6 is 22.9 Å². The van der Waals surface area contributed by atoms with Gasteiger partial charge in [-0.2, -0.15) is 0 Å². The van der Waals surface area contributed by atoms with Crippen LogP contribution in [-0.2, 0) is 24.8 Å². The van der Waals surface area contributed by atoms with Crippen LogP contribution in [0.15, 0.2) is 33.9 Å². The number of nitrogens with one attached hydrogen (secondary N) is 1. The molecule has 0 saturated heterocycles. The first-order valence-electron chi connectivity index (χ1n) is 10.4. The van der Waals surface area contributed by atoms with Crippen LogP contribution in [0.25, 0.3) is 0 Å². The molecule has 0 aliphatic carbocycles. The number of fused-ring (bicyclic) bond motifs is 1. The number of nitrogens with zero attached hydrogens (tertiary/aromatic N) is 1. The predicted octanol–water partition coefficient (Wildman–Crippen LogP) is 5.01. The third kappa shape index (κ3) is 3.86. The van der Waals surface area contributed by atoms with E-state index >= 15 is 0 Å². The van der Waals surface area contributed by atoms with Crippen LogP contribution in [0.2, 0.25) is 5.02 Å². The molecule has 0 amide bonds. The molecule has 0 atom stereocenters. The van der Waals surface area contributed by atoms with Crippen molar-refractivity contribution in [1.29, 1.82) is 0 Å². The third-order valence-corrected chi connectivity index (χ3v) is 7.26. The predicted molar refractivity (Wildman–Crippen MR) is 127 cm³/mol. The smallest absolute Gasteiger partial charge is 0.249 e. The average molecular weight is 443 g/mol. The van der Waals surface area contributed by atoms with Crippen LogP contribution in [0, 0.1) is 0 Å². The van der Waals surface area contributed by atoms with Crippen molar-refractivity contribution in [3.05, 3.63) is 76.9 Å². The molecular formula is C24H27ClN2O2S. The van der Waals surface area contributed by atoms with Crippen LogP contribution in [0.3, 0.4) is 0 Å². The number of hydrogen-bond donors (Lipinski definition) is 1. The number of hydrogen-bond acceptors (Lipinski definition) is 5. The lowest BCUT2D eigenvalue weighted by molar-refractivity contribution is 0.270. The van der Waals surface area contributed by atoms with Crippen LogP contribution in [-0.4, -0.2) is 18.0 Å². The zero-order chi connectivity index (χ0) is 21.6. The van der Waals surface area contributed by atoms with E-state index in [1.54, 1.807) is 23.5 Å². The zero-order valence-corrected chi connectivity index (χ0v) is 19.5. The largest absolute Gasteiger partial charge is 0.343 e. The Morgan fingerprint density at radius 3 is 2.47 bits per heavy atom. The van der Waals surface area contributed by atoms with Gasteiger partial charge >= 0.3 is 0 Å². The first-order valence-corrected chi connectivity index (χ1v) is 11.6. The molecule has 0 radical (unpaired) electrons. The van der Waals surface area contributed by atoms with Gasteiger partial charge in [-0.25, -0.2) is 0 Å². The molecule has 1 N–H and O–H groups in total. The lowest BCUT2D eigenvalue weighted by atomic mass is 9.83. The quantitative estimate of drug-likeness (QED) is 0.564. The maximum absolute atomic E-state index is 12.4. The molecule has 6 heteroatoms. The monoisotopic (exact) mass is 442 g/mol. The molecule has 0 saturated carbocycles. The molecule has 2 heterocycles. The van der Waals surface area contributed by atoms with Gasteiger partial charge in [0.2, 0.25) is 10.9 Å². The van der Waals surface area contributed by atoms with Crippen LogP contribution < -0.4 is 16.2 Å². The molecule has 0 fully saturated rings. The Morgan fingerprint density at radius 2 is 1.83 bits per heavy atom. The number of thiophene rings is 1. The maximum atomic E-state index is 12.4. The minimum Gasteiger partial charge on any atom is -0.343 e. The van der Waals surface area contributed by atoms with Gasteiger partial charge in [0.15, 0.2) is 0 Å². The normalized spacial score (nSPS) is 14.8. The fraction of sp³-hybridized carbons (Fsp3) is 0.417. The summed E-state index contributed by atoms with van der Waals surface area (Å²) in [5.74, 6) is 0. The van der Waals surface area contributed by atoms with Crippen LogP contribution in [0.5, 0.6) is 0 Å². The van der Waals surface area contributed by atoms with Gasteiger partial charge in [0.05, 0.1) is 10.7 Å². The Kier molecular flexibility index (Phi) is 5.64. The van der Waals surface area contributed by atoms with Gasteiger partial charge < -0.3 is 5.32 Å². The summed E-state index contributed by atoms with van der Waals surface area (Å²) >= 11 is 7.70. The summed E-state index contributed by atoms with van der Waals surface area (Å²) in [5.41, 5.74) is 3.82. The summed E-state index contributed by atoms with van der Waals surface area (Å²) in [5, 5.41) is 5.05. The Hall–Kier alpha value is -1.95. The van der Waals surface area contributed by atoms with E-state index in [9.17, 15) is 9.59 Å². The van der Waals surface area contributed by atoms with E-state index in [-0.39, 0.29) is 10.8 Å². The Morgan fingerprint density at radius 1 is 1.13 bits per heavy atom. The van der Waals surface area contributed by atoms with Crippen LogP contribution in [0.4, 0.5) is 10.7 Å². The third-order valence-electron chi connectivity index (χ3n) is 5.87. The van der Waals surface area contributed by atoms with Crippen molar-refractivity contribution in [1.82, 2.24) is 4.90 Å². The zero-order valence-electron chi connectivity index (χ0n) is 17.9. The highest BCUT2D eigenvalue weighted by Gasteiger charge is 2.31. The minimum atomic E-state index is -0.416. The molecular weight excluding hydrogens is 416 g/mol. The van der Waals surface area contributed by atoms with E-state index < -0.39 is 5.43 Å². The number of likely N-dealkylation sites (N-methyl/N-ethyl adjacent to an activating group) is 1. The molecule has 1 aliphatic rings. The topological polar surface area (TPSA) is 49.4 Å². The van der Waals surface area contributed by atoms with E-state index in [1.807, 2.05) is 12.1 Å². The molecule has 4 nitrogen and oxygen atoms in total. The van der Waals surface area contributed by atoms with Gasteiger partial charge in [-0.3, -0.25) is 14.5 Å². The highest BCUT2D eigenvalue weighted by Crippen LogP contribution is 2.44. The summed E-state index contributed by atoms with van der Waals surface area (Å²) in [6.45, 7) is 11.9. The van der Waals surface area contributed by atoms with Gasteiger partial charge in [0.1, 0.15) is 0 Å². The van der Waals surface area contributed by atoms with Crippen molar-refractivity contribution in [2.24, 2.45) is 0 Å². The molecule has 158 valence electrons. The van der Waals surface area contributed by atoms with E-state index in [4.69, 9.17) is 11.6 Å². The van der Waals surface area contributed by atoms with Gasteiger partial charge in [-0.05, 0) is 47.2 Å². The first-order chi connectivity index (χ1) is 14.2. The first kappa shape index (κ1) is 21.3. The Balaban J connectivity index is 1.69. The molecule has 4 rings (SSSR count). The highest BCUT2D eigenvalue weighted by atomic mass is 35.5. The van der Waals surface area contributed by atoms with E-state index in [0.717, 1.165) is 36.6 Å². The summed E-state index contributed by atoms with van der Waals surface area (Å²) in [4.78, 5) is 28.6. The van der Waals surface area contributed by atoms with Crippen molar-refractivity contribution >= 4 is 33.6 Å². The minimum absolute atomic E-state index is 0.0471.